The molecule has 0 fully saturated rings. The third kappa shape index (κ3) is 5.19. The number of methoxy groups -OCH3 is 1. The van der Waals surface area contributed by atoms with Crippen molar-refractivity contribution in [2.24, 2.45) is 0 Å². The van der Waals surface area contributed by atoms with Crippen molar-refractivity contribution in [1.29, 1.82) is 0 Å². The van der Waals surface area contributed by atoms with Crippen LogP contribution in [0.3, 0.4) is 0 Å². The van der Waals surface area contributed by atoms with E-state index in [1.165, 1.54) is 26.2 Å². The van der Waals surface area contributed by atoms with Gasteiger partial charge in [-0.15, -0.1) is 0 Å². The van der Waals surface area contributed by atoms with Gasteiger partial charge in [0.25, 0.3) is 0 Å². The fourth-order valence-electron chi connectivity index (χ4n) is 2.71. The summed E-state index contributed by atoms with van der Waals surface area (Å²) < 4.78 is 43.8. The van der Waals surface area contributed by atoms with E-state index in [9.17, 15) is 17.6 Å². The number of benzene rings is 2. The van der Waals surface area contributed by atoms with Crippen molar-refractivity contribution in [3.8, 4) is 5.75 Å². The van der Waals surface area contributed by atoms with Gasteiger partial charge in [-0.25, -0.2) is 12.8 Å². The molecule has 6 nitrogen and oxygen atoms in total. The van der Waals surface area contributed by atoms with E-state index in [1.807, 2.05) is 0 Å². The van der Waals surface area contributed by atoms with Crippen molar-refractivity contribution < 1.29 is 22.3 Å². The summed E-state index contributed by atoms with van der Waals surface area (Å²) in [6, 6.07) is 10.8. The monoisotopic (exact) mass is 394 g/mol. The zero-order chi connectivity index (χ0) is 20.2. The topological polar surface area (TPSA) is 75.7 Å². The van der Waals surface area contributed by atoms with E-state index in [0.717, 1.165) is 10.6 Å². The lowest BCUT2D eigenvalue weighted by atomic mass is 10.1. The van der Waals surface area contributed by atoms with Crippen LogP contribution >= 0.6 is 0 Å². The number of halogens is 1. The molecule has 27 heavy (non-hydrogen) atoms. The van der Waals surface area contributed by atoms with Gasteiger partial charge in [0.15, 0.2) is 0 Å². The predicted molar refractivity (Wildman–Crippen MR) is 103 cm³/mol. The average molecular weight is 394 g/mol. The molecule has 1 amide bonds. The number of carbonyl (C=O) groups is 1. The maximum Gasteiger partial charge on any atom is 0.244 e. The summed E-state index contributed by atoms with van der Waals surface area (Å²) in [6.45, 7) is 3.26. The molecular formula is C19H23FN2O4S. The van der Waals surface area contributed by atoms with Crippen LogP contribution in [0.25, 0.3) is 0 Å². The highest BCUT2D eigenvalue weighted by molar-refractivity contribution is 7.92. The summed E-state index contributed by atoms with van der Waals surface area (Å²) in [5.41, 5.74) is 1.07. The number of anilines is 1. The van der Waals surface area contributed by atoms with Crippen LogP contribution in [-0.4, -0.2) is 33.7 Å². The van der Waals surface area contributed by atoms with Gasteiger partial charge < -0.3 is 10.1 Å². The largest absolute Gasteiger partial charge is 0.497 e. The van der Waals surface area contributed by atoms with Gasteiger partial charge in [0.05, 0.1) is 25.1 Å². The normalized spacial score (nSPS) is 13.5. The van der Waals surface area contributed by atoms with Crippen LogP contribution in [0, 0.1) is 5.82 Å². The lowest BCUT2D eigenvalue weighted by molar-refractivity contribution is -0.122. The minimum atomic E-state index is -3.71. The van der Waals surface area contributed by atoms with Crippen LogP contribution < -0.4 is 14.4 Å². The second-order valence-corrected chi connectivity index (χ2v) is 8.07. The Balaban J connectivity index is 2.22. The summed E-state index contributed by atoms with van der Waals surface area (Å²) >= 11 is 0. The first-order valence-corrected chi connectivity index (χ1v) is 10.2. The molecule has 2 rings (SSSR count). The van der Waals surface area contributed by atoms with Crippen LogP contribution in [0.2, 0.25) is 0 Å². The van der Waals surface area contributed by atoms with Crippen molar-refractivity contribution in [2.45, 2.75) is 25.9 Å². The Labute approximate surface area is 159 Å². The van der Waals surface area contributed by atoms with E-state index in [2.05, 4.69) is 5.32 Å². The number of ether oxygens (including phenoxy) is 1. The van der Waals surface area contributed by atoms with Crippen molar-refractivity contribution >= 4 is 21.6 Å². The fraction of sp³-hybridized carbons (Fsp3) is 0.316. The molecule has 0 radical (unpaired) electrons. The van der Waals surface area contributed by atoms with Crippen LogP contribution in [-0.2, 0) is 14.8 Å². The van der Waals surface area contributed by atoms with Gasteiger partial charge in [0.2, 0.25) is 15.9 Å². The third-order valence-electron chi connectivity index (χ3n) is 4.14. The average Bonchev–Trinajstić information content (AvgIpc) is 2.61. The van der Waals surface area contributed by atoms with Gasteiger partial charge in [-0.3, -0.25) is 9.10 Å². The second-order valence-electron chi connectivity index (χ2n) is 6.21. The van der Waals surface area contributed by atoms with Crippen LogP contribution in [0.15, 0.2) is 48.5 Å². The van der Waals surface area contributed by atoms with Crippen LogP contribution in [0.1, 0.15) is 25.5 Å². The Morgan fingerprint density at radius 2 is 1.63 bits per heavy atom. The maximum atomic E-state index is 13.1. The molecule has 2 atom stereocenters. The summed E-state index contributed by atoms with van der Waals surface area (Å²) in [7, 11) is -2.20. The summed E-state index contributed by atoms with van der Waals surface area (Å²) in [6.07, 6.45) is 1.05. The van der Waals surface area contributed by atoms with E-state index in [0.29, 0.717) is 17.0 Å². The maximum absolute atomic E-state index is 13.1. The number of hydrogen-bond donors (Lipinski definition) is 1. The molecule has 146 valence electrons. The van der Waals surface area contributed by atoms with Crippen LogP contribution in [0.4, 0.5) is 10.1 Å². The molecule has 0 heterocycles. The van der Waals surface area contributed by atoms with E-state index in [4.69, 9.17) is 4.74 Å². The van der Waals surface area contributed by atoms with E-state index in [-0.39, 0.29) is 5.82 Å². The molecular weight excluding hydrogens is 371 g/mol. The highest BCUT2D eigenvalue weighted by Crippen LogP contribution is 2.24. The van der Waals surface area contributed by atoms with Crippen LogP contribution in [0.5, 0.6) is 5.75 Å². The van der Waals surface area contributed by atoms with Gasteiger partial charge >= 0.3 is 0 Å². The highest BCUT2D eigenvalue weighted by atomic mass is 32.2. The molecule has 0 aromatic heterocycles. The van der Waals surface area contributed by atoms with E-state index in [1.54, 1.807) is 43.3 Å². The number of sulfonamides is 1. The predicted octanol–water partition coefficient (Wildman–Crippen LogP) is 2.87. The van der Waals surface area contributed by atoms with Gasteiger partial charge in [-0.2, -0.15) is 0 Å². The van der Waals surface area contributed by atoms with Gasteiger partial charge in [0.1, 0.15) is 17.6 Å². The van der Waals surface area contributed by atoms with Crippen molar-refractivity contribution in [3.05, 3.63) is 59.9 Å². The van der Waals surface area contributed by atoms with Crippen molar-refractivity contribution in [3.63, 3.8) is 0 Å². The summed E-state index contributed by atoms with van der Waals surface area (Å²) in [4.78, 5) is 12.7. The Morgan fingerprint density at radius 1 is 1.07 bits per heavy atom. The molecule has 0 aliphatic rings. The zero-order valence-corrected chi connectivity index (χ0v) is 16.5. The molecule has 8 heteroatoms. The van der Waals surface area contributed by atoms with Crippen molar-refractivity contribution in [2.75, 3.05) is 17.7 Å². The molecule has 2 aromatic rings. The molecule has 0 bridgehead atoms. The number of amides is 1. The minimum Gasteiger partial charge on any atom is -0.497 e. The number of nitrogens with one attached hydrogen (secondary N) is 1. The molecule has 0 saturated heterocycles. The molecule has 0 saturated carbocycles. The Kier molecular flexibility index (Phi) is 6.43. The highest BCUT2D eigenvalue weighted by Gasteiger charge is 2.29. The Bertz CT molecular complexity index is 883. The van der Waals surface area contributed by atoms with Gasteiger partial charge in [0, 0.05) is 0 Å². The summed E-state index contributed by atoms with van der Waals surface area (Å²) in [5.74, 6) is -0.254. The molecule has 0 spiro atoms. The van der Waals surface area contributed by atoms with Gasteiger partial charge in [-0.1, -0.05) is 12.1 Å². The molecule has 0 aliphatic carbocycles. The molecule has 2 aromatic carbocycles. The lowest BCUT2D eigenvalue weighted by Crippen LogP contribution is -2.48. The second kappa shape index (κ2) is 8.39. The zero-order valence-electron chi connectivity index (χ0n) is 15.6. The fourth-order valence-corrected chi connectivity index (χ4v) is 3.88. The van der Waals surface area contributed by atoms with E-state index >= 15 is 0 Å². The van der Waals surface area contributed by atoms with E-state index < -0.39 is 28.0 Å². The number of nitrogens with zero attached hydrogens (tertiary/aromatic N) is 1. The Morgan fingerprint density at radius 3 is 2.11 bits per heavy atom. The number of hydrogen-bond acceptors (Lipinski definition) is 4. The molecule has 1 N–H and O–H groups in total. The number of rotatable bonds is 7. The lowest BCUT2D eigenvalue weighted by Gasteiger charge is -2.29. The van der Waals surface area contributed by atoms with Crippen molar-refractivity contribution in [1.82, 2.24) is 5.32 Å². The standard InChI is InChI=1S/C19H23FN2O4S/c1-13(15-5-7-16(20)8-6-15)21-19(23)14(2)22(27(4,24)25)17-9-11-18(26-3)12-10-17/h5-14H,1-4H3,(H,21,23)/t13-,14-/m1/s1. The molecule has 0 unspecified atom stereocenters. The first-order valence-electron chi connectivity index (χ1n) is 8.32. The minimum absolute atomic E-state index is 0.357. The third-order valence-corrected chi connectivity index (χ3v) is 5.39. The smallest absolute Gasteiger partial charge is 0.244 e. The first-order chi connectivity index (χ1) is 12.6. The Hall–Kier alpha value is -2.61. The first kappa shape index (κ1) is 20.7. The quantitative estimate of drug-likeness (QED) is 0.784. The summed E-state index contributed by atoms with van der Waals surface area (Å²) in [5, 5.41) is 2.77. The number of carbonyl (C=O) groups excluding carboxylic acids is 1. The molecule has 0 aliphatic heterocycles. The van der Waals surface area contributed by atoms with Gasteiger partial charge in [-0.05, 0) is 55.8 Å². The SMILES string of the molecule is COc1ccc(N([C@H](C)C(=O)N[C@H](C)c2ccc(F)cc2)S(C)(=O)=O)cc1.